The molecule has 2 saturated heterocycles. The molecule has 3 heterocycles. The maximum Gasteiger partial charge on any atom is 0.267 e. The van der Waals surface area contributed by atoms with E-state index in [0.29, 0.717) is 38.5 Å². The normalized spacial score (nSPS) is 20.0. The molecule has 31 heavy (non-hydrogen) atoms. The number of piperazine rings is 1. The third kappa shape index (κ3) is 4.54. The van der Waals surface area contributed by atoms with E-state index in [4.69, 9.17) is 4.74 Å². The van der Waals surface area contributed by atoms with Gasteiger partial charge >= 0.3 is 0 Å². The zero-order valence-corrected chi connectivity index (χ0v) is 18.0. The van der Waals surface area contributed by atoms with Crippen LogP contribution >= 0.6 is 0 Å². The van der Waals surface area contributed by atoms with E-state index in [9.17, 15) is 14.4 Å². The minimum absolute atomic E-state index is 0.0151. The molecule has 0 aliphatic carbocycles. The first-order chi connectivity index (χ1) is 14.9. The summed E-state index contributed by atoms with van der Waals surface area (Å²) in [5.41, 5.74) is 2.35. The van der Waals surface area contributed by atoms with Crippen LogP contribution in [-0.4, -0.2) is 70.3 Å². The predicted octanol–water partition coefficient (Wildman–Crippen LogP) is 1.63. The molecule has 1 aromatic heterocycles. The third-order valence-corrected chi connectivity index (χ3v) is 6.00. The van der Waals surface area contributed by atoms with Gasteiger partial charge in [0, 0.05) is 44.4 Å². The van der Waals surface area contributed by atoms with Gasteiger partial charge in [-0.05, 0) is 32.8 Å². The first-order valence-electron chi connectivity index (χ1n) is 10.8. The average Bonchev–Trinajstić information content (AvgIpc) is 3.34. The first-order valence-corrected chi connectivity index (χ1v) is 10.8. The number of aryl methyl sites for hydroxylation is 1. The van der Waals surface area contributed by atoms with Crippen LogP contribution in [-0.2, 0) is 14.3 Å². The number of rotatable bonds is 4. The summed E-state index contributed by atoms with van der Waals surface area (Å²) in [7, 11) is 0. The standard InChI is InChI=1S/C23H28N4O4/c1-16-5-7-18(8-6-16)19-9-10-21(28)27(24-19)17(2)22(29)25-11-13-26(14-12-25)23(30)20-4-3-15-31-20/h5-10,17,20H,3-4,11-15H2,1-2H3. The fourth-order valence-corrected chi connectivity index (χ4v) is 4.07. The van der Waals surface area contributed by atoms with Gasteiger partial charge in [0.05, 0.1) is 5.69 Å². The number of amides is 2. The molecule has 2 aliphatic heterocycles. The van der Waals surface area contributed by atoms with Gasteiger partial charge in [-0.2, -0.15) is 5.10 Å². The molecule has 164 valence electrons. The van der Waals surface area contributed by atoms with E-state index in [1.165, 1.54) is 10.7 Å². The van der Waals surface area contributed by atoms with E-state index in [1.54, 1.807) is 22.8 Å². The van der Waals surface area contributed by atoms with Crippen molar-refractivity contribution in [1.82, 2.24) is 19.6 Å². The lowest BCUT2D eigenvalue weighted by Gasteiger charge is -2.36. The zero-order chi connectivity index (χ0) is 22.0. The molecule has 2 aliphatic rings. The zero-order valence-electron chi connectivity index (χ0n) is 18.0. The van der Waals surface area contributed by atoms with Gasteiger partial charge in [0.2, 0.25) is 5.91 Å². The van der Waals surface area contributed by atoms with Crippen LogP contribution in [0.15, 0.2) is 41.2 Å². The SMILES string of the molecule is Cc1ccc(-c2ccc(=O)n(C(C)C(=O)N3CCN(C(=O)C4CCCO4)CC3)n2)cc1. The molecule has 2 atom stereocenters. The van der Waals surface area contributed by atoms with E-state index in [2.05, 4.69) is 5.10 Å². The summed E-state index contributed by atoms with van der Waals surface area (Å²) in [6, 6.07) is 10.3. The van der Waals surface area contributed by atoms with E-state index < -0.39 is 6.04 Å². The highest BCUT2D eigenvalue weighted by Crippen LogP contribution is 2.19. The van der Waals surface area contributed by atoms with Crippen molar-refractivity contribution in [3.8, 4) is 11.3 Å². The van der Waals surface area contributed by atoms with Crippen molar-refractivity contribution in [2.75, 3.05) is 32.8 Å². The maximum atomic E-state index is 13.1. The molecule has 0 spiro atoms. The third-order valence-electron chi connectivity index (χ3n) is 6.00. The molecule has 4 rings (SSSR count). The molecule has 8 nitrogen and oxygen atoms in total. The Morgan fingerprint density at radius 3 is 2.35 bits per heavy atom. The second-order valence-corrected chi connectivity index (χ2v) is 8.20. The van der Waals surface area contributed by atoms with Crippen LogP contribution in [0.3, 0.4) is 0 Å². The van der Waals surface area contributed by atoms with Crippen molar-refractivity contribution in [3.05, 3.63) is 52.3 Å². The van der Waals surface area contributed by atoms with Gasteiger partial charge in [-0.1, -0.05) is 29.8 Å². The van der Waals surface area contributed by atoms with E-state index in [0.717, 1.165) is 24.0 Å². The summed E-state index contributed by atoms with van der Waals surface area (Å²) in [5, 5.41) is 4.46. The lowest BCUT2D eigenvalue weighted by Crippen LogP contribution is -2.54. The van der Waals surface area contributed by atoms with Gasteiger partial charge in [0.15, 0.2) is 0 Å². The summed E-state index contributed by atoms with van der Waals surface area (Å²) in [4.78, 5) is 41.5. The Balaban J connectivity index is 1.43. The highest BCUT2D eigenvalue weighted by Gasteiger charge is 2.32. The van der Waals surface area contributed by atoms with Crippen LogP contribution in [0.4, 0.5) is 0 Å². The van der Waals surface area contributed by atoms with Crippen LogP contribution in [0, 0.1) is 6.92 Å². The number of benzene rings is 1. The van der Waals surface area contributed by atoms with Gasteiger partial charge in [0.25, 0.3) is 11.5 Å². The summed E-state index contributed by atoms with van der Waals surface area (Å²) >= 11 is 0. The smallest absolute Gasteiger partial charge is 0.267 e. The van der Waals surface area contributed by atoms with Crippen LogP contribution < -0.4 is 5.56 Å². The molecule has 2 fully saturated rings. The van der Waals surface area contributed by atoms with Crippen LogP contribution in [0.1, 0.15) is 31.4 Å². The van der Waals surface area contributed by atoms with Gasteiger partial charge in [-0.3, -0.25) is 14.4 Å². The maximum absolute atomic E-state index is 13.1. The summed E-state index contributed by atoms with van der Waals surface area (Å²) in [6.45, 7) is 6.16. The lowest BCUT2D eigenvalue weighted by atomic mass is 10.1. The summed E-state index contributed by atoms with van der Waals surface area (Å²) in [5.74, 6) is -0.152. The molecular weight excluding hydrogens is 396 g/mol. The Labute approximate surface area is 181 Å². The fourth-order valence-electron chi connectivity index (χ4n) is 4.07. The molecule has 0 saturated carbocycles. The summed E-state index contributed by atoms with van der Waals surface area (Å²) < 4.78 is 6.74. The fraction of sp³-hybridized carbons (Fsp3) is 0.478. The van der Waals surface area contributed by atoms with Crippen LogP contribution in [0.5, 0.6) is 0 Å². The van der Waals surface area contributed by atoms with Gasteiger partial charge in [-0.25, -0.2) is 4.68 Å². The number of ether oxygens (including phenoxy) is 1. The molecule has 8 heteroatoms. The molecule has 2 aromatic rings. The van der Waals surface area contributed by atoms with Crippen LogP contribution in [0.25, 0.3) is 11.3 Å². The van der Waals surface area contributed by atoms with Gasteiger partial charge in [0.1, 0.15) is 12.1 Å². The largest absolute Gasteiger partial charge is 0.368 e. The summed E-state index contributed by atoms with van der Waals surface area (Å²) in [6.07, 6.45) is 1.34. The minimum atomic E-state index is -0.724. The Hall–Kier alpha value is -3.00. The van der Waals surface area contributed by atoms with Crippen molar-refractivity contribution in [3.63, 3.8) is 0 Å². The Bertz CT molecular complexity index is 1000. The monoisotopic (exact) mass is 424 g/mol. The van der Waals surface area contributed by atoms with Crippen molar-refractivity contribution in [2.24, 2.45) is 0 Å². The Morgan fingerprint density at radius 1 is 1.03 bits per heavy atom. The number of carbonyl (C=O) groups is 2. The van der Waals surface area contributed by atoms with Crippen LogP contribution in [0.2, 0.25) is 0 Å². The van der Waals surface area contributed by atoms with E-state index in [1.807, 2.05) is 31.2 Å². The van der Waals surface area contributed by atoms with Crippen molar-refractivity contribution >= 4 is 11.8 Å². The molecule has 2 amide bonds. The second-order valence-electron chi connectivity index (χ2n) is 8.20. The van der Waals surface area contributed by atoms with Crippen molar-refractivity contribution in [2.45, 2.75) is 38.8 Å². The number of carbonyl (C=O) groups excluding carboxylic acids is 2. The number of hydrogen-bond acceptors (Lipinski definition) is 5. The molecule has 0 radical (unpaired) electrons. The van der Waals surface area contributed by atoms with Gasteiger partial charge < -0.3 is 14.5 Å². The quantitative estimate of drug-likeness (QED) is 0.745. The van der Waals surface area contributed by atoms with Gasteiger partial charge in [-0.15, -0.1) is 0 Å². The molecule has 0 bridgehead atoms. The van der Waals surface area contributed by atoms with E-state index >= 15 is 0 Å². The highest BCUT2D eigenvalue weighted by molar-refractivity contribution is 5.83. The molecule has 2 unspecified atom stereocenters. The number of aromatic nitrogens is 2. The van der Waals surface area contributed by atoms with Crippen molar-refractivity contribution in [1.29, 1.82) is 0 Å². The number of hydrogen-bond donors (Lipinski definition) is 0. The minimum Gasteiger partial charge on any atom is -0.368 e. The van der Waals surface area contributed by atoms with E-state index in [-0.39, 0.29) is 23.5 Å². The first kappa shape index (κ1) is 21.2. The lowest BCUT2D eigenvalue weighted by molar-refractivity contribution is -0.147. The number of nitrogens with zero attached hydrogens (tertiary/aromatic N) is 4. The molecule has 1 aromatic carbocycles. The second kappa shape index (κ2) is 9.01. The Kier molecular flexibility index (Phi) is 6.18. The predicted molar refractivity (Wildman–Crippen MR) is 116 cm³/mol. The topological polar surface area (TPSA) is 84.7 Å². The molecular formula is C23H28N4O4. The Morgan fingerprint density at radius 2 is 1.71 bits per heavy atom. The average molecular weight is 425 g/mol. The van der Waals surface area contributed by atoms with Crippen molar-refractivity contribution < 1.29 is 14.3 Å². The highest BCUT2D eigenvalue weighted by atomic mass is 16.5. The molecule has 0 N–H and O–H groups in total.